The number of benzene rings is 2. The lowest BCUT2D eigenvalue weighted by molar-refractivity contribution is -0.128. The van der Waals surface area contributed by atoms with Crippen molar-refractivity contribution in [2.45, 2.75) is 18.9 Å². The SMILES string of the molecule is O=C1CC(c2noc(-c3ccccc3F)n2)CN1Cc1cc(F)cc(F)c1. The minimum atomic E-state index is -0.694. The molecular weight excluding hydrogens is 359 g/mol. The minimum absolute atomic E-state index is 0.0428. The van der Waals surface area contributed by atoms with E-state index in [1.54, 1.807) is 12.1 Å². The summed E-state index contributed by atoms with van der Waals surface area (Å²) < 4.78 is 45.6. The monoisotopic (exact) mass is 373 g/mol. The molecule has 4 rings (SSSR count). The van der Waals surface area contributed by atoms with Crippen molar-refractivity contribution in [3.63, 3.8) is 0 Å². The van der Waals surface area contributed by atoms with Crippen LogP contribution >= 0.6 is 0 Å². The number of amides is 1. The van der Waals surface area contributed by atoms with E-state index in [-0.39, 0.29) is 42.8 Å². The van der Waals surface area contributed by atoms with Crippen LogP contribution in [0, 0.1) is 17.5 Å². The van der Waals surface area contributed by atoms with Gasteiger partial charge in [-0.2, -0.15) is 4.98 Å². The number of likely N-dealkylation sites (tertiary alicyclic amines) is 1. The number of rotatable bonds is 4. The summed E-state index contributed by atoms with van der Waals surface area (Å²) in [7, 11) is 0. The summed E-state index contributed by atoms with van der Waals surface area (Å²) in [6, 6.07) is 9.18. The Balaban J connectivity index is 1.50. The lowest BCUT2D eigenvalue weighted by atomic mass is 10.1. The van der Waals surface area contributed by atoms with E-state index >= 15 is 0 Å². The lowest BCUT2D eigenvalue weighted by Crippen LogP contribution is -2.24. The maximum atomic E-state index is 13.8. The van der Waals surface area contributed by atoms with Crippen LogP contribution in [0.25, 0.3) is 11.5 Å². The number of aromatic nitrogens is 2. The van der Waals surface area contributed by atoms with Crippen LogP contribution in [-0.2, 0) is 11.3 Å². The quantitative estimate of drug-likeness (QED) is 0.700. The Labute approximate surface area is 152 Å². The van der Waals surface area contributed by atoms with Crippen LogP contribution in [0.4, 0.5) is 13.2 Å². The third-order valence-electron chi connectivity index (χ3n) is 4.42. The van der Waals surface area contributed by atoms with Crippen molar-refractivity contribution in [1.82, 2.24) is 15.0 Å². The van der Waals surface area contributed by atoms with E-state index in [0.717, 1.165) is 6.07 Å². The van der Waals surface area contributed by atoms with Crippen molar-refractivity contribution >= 4 is 5.91 Å². The average molecular weight is 373 g/mol. The first-order valence-corrected chi connectivity index (χ1v) is 8.31. The fourth-order valence-corrected chi connectivity index (χ4v) is 3.17. The van der Waals surface area contributed by atoms with Gasteiger partial charge < -0.3 is 9.42 Å². The second kappa shape index (κ2) is 6.86. The fraction of sp³-hybridized carbons (Fsp3) is 0.211. The van der Waals surface area contributed by atoms with Gasteiger partial charge in [-0.3, -0.25) is 4.79 Å². The molecule has 5 nitrogen and oxygen atoms in total. The topological polar surface area (TPSA) is 59.2 Å². The van der Waals surface area contributed by atoms with Gasteiger partial charge in [-0.05, 0) is 29.8 Å². The van der Waals surface area contributed by atoms with Crippen LogP contribution in [0.15, 0.2) is 47.0 Å². The van der Waals surface area contributed by atoms with Gasteiger partial charge >= 0.3 is 0 Å². The zero-order valence-corrected chi connectivity index (χ0v) is 14.0. The summed E-state index contributed by atoms with van der Waals surface area (Å²) >= 11 is 0. The van der Waals surface area contributed by atoms with E-state index in [1.807, 2.05) is 0 Å². The molecule has 1 aliphatic rings. The van der Waals surface area contributed by atoms with Gasteiger partial charge in [-0.15, -0.1) is 0 Å². The van der Waals surface area contributed by atoms with Crippen LogP contribution in [0.2, 0.25) is 0 Å². The highest BCUT2D eigenvalue weighted by atomic mass is 19.1. The third kappa shape index (κ3) is 3.55. The lowest BCUT2D eigenvalue weighted by Gasteiger charge is -2.16. The molecule has 0 radical (unpaired) electrons. The second-order valence-electron chi connectivity index (χ2n) is 6.39. The fourth-order valence-electron chi connectivity index (χ4n) is 3.17. The third-order valence-corrected chi connectivity index (χ3v) is 4.42. The van der Waals surface area contributed by atoms with Gasteiger partial charge in [0.2, 0.25) is 5.91 Å². The molecule has 0 spiro atoms. The maximum Gasteiger partial charge on any atom is 0.260 e. The molecule has 1 atom stereocenters. The van der Waals surface area contributed by atoms with E-state index in [4.69, 9.17) is 4.52 Å². The van der Waals surface area contributed by atoms with Gasteiger partial charge in [0, 0.05) is 31.5 Å². The Kier molecular flexibility index (Phi) is 4.39. The smallest absolute Gasteiger partial charge is 0.260 e. The van der Waals surface area contributed by atoms with Crippen molar-refractivity contribution in [2.75, 3.05) is 6.54 Å². The standard InChI is InChI=1S/C19H14F3N3O2/c20-13-5-11(6-14(21)8-13)9-25-10-12(7-17(25)26)18-23-19(27-24-18)15-3-1-2-4-16(15)22/h1-6,8,12H,7,9-10H2. The molecule has 3 aromatic rings. The first-order chi connectivity index (χ1) is 13.0. The molecule has 1 amide bonds. The molecule has 1 saturated heterocycles. The van der Waals surface area contributed by atoms with Crippen LogP contribution in [0.5, 0.6) is 0 Å². The van der Waals surface area contributed by atoms with Gasteiger partial charge in [0.1, 0.15) is 17.5 Å². The zero-order chi connectivity index (χ0) is 19.0. The van der Waals surface area contributed by atoms with Gasteiger partial charge in [0.15, 0.2) is 5.82 Å². The molecule has 0 saturated carbocycles. The van der Waals surface area contributed by atoms with Crippen LogP contribution in [0.3, 0.4) is 0 Å². The largest absolute Gasteiger partial charge is 0.338 e. The number of hydrogen-bond donors (Lipinski definition) is 0. The summed E-state index contributed by atoms with van der Waals surface area (Å²) in [4.78, 5) is 18.0. The summed E-state index contributed by atoms with van der Waals surface area (Å²) in [6.07, 6.45) is 0.147. The number of carbonyl (C=O) groups is 1. The van der Waals surface area contributed by atoms with Crippen molar-refractivity contribution in [3.8, 4) is 11.5 Å². The Morgan fingerprint density at radius 1 is 1.11 bits per heavy atom. The number of hydrogen-bond acceptors (Lipinski definition) is 4. The minimum Gasteiger partial charge on any atom is -0.338 e. The molecule has 1 aliphatic heterocycles. The molecule has 1 unspecified atom stereocenters. The average Bonchev–Trinajstić information content (AvgIpc) is 3.22. The molecule has 2 heterocycles. The van der Waals surface area contributed by atoms with Crippen molar-refractivity contribution in [3.05, 3.63) is 71.3 Å². The molecule has 8 heteroatoms. The van der Waals surface area contributed by atoms with Gasteiger partial charge in [-0.1, -0.05) is 17.3 Å². The molecule has 0 bridgehead atoms. The highest BCUT2D eigenvalue weighted by Gasteiger charge is 2.34. The Morgan fingerprint density at radius 2 is 1.85 bits per heavy atom. The molecule has 1 aromatic heterocycles. The van der Waals surface area contributed by atoms with Crippen molar-refractivity contribution < 1.29 is 22.5 Å². The molecule has 138 valence electrons. The summed E-state index contributed by atoms with van der Waals surface area (Å²) in [5.74, 6) is -2.04. The molecule has 0 aliphatic carbocycles. The van der Waals surface area contributed by atoms with Gasteiger partial charge in [0.05, 0.1) is 5.56 Å². The predicted molar refractivity (Wildman–Crippen MR) is 88.8 cm³/mol. The predicted octanol–water partition coefficient (Wildman–Crippen LogP) is 3.67. The molecule has 0 N–H and O–H groups in total. The van der Waals surface area contributed by atoms with E-state index in [9.17, 15) is 18.0 Å². The first-order valence-electron chi connectivity index (χ1n) is 8.31. The summed E-state index contributed by atoms with van der Waals surface area (Å²) in [6.45, 7) is 0.370. The number of nitrogens with zero attached hydrogens (tertiary/aromatic N) is 3. The molecular formula is C19H14F3N3O2. The van der Waals surface area contributed by atoms with Crippen LogP contribution in [-0.4, -0.2) is 27.5 Å². The first kappa shape index (κ1) is 17.3. The molecule has 1 fully saturated rings. The maximum absolute atomic E-state index is 13.8. The highest BCUT2D eigenvalue weighted by molar-refractivity contribution is 5.79. The normalized spacial score (nSPS) is 16.9. The Bertz CT molecular complexity index is 985. The van der Waals surface area contributed by atoms with Gasteiger partial charge in [0.25, 0.3) is 5.89 Å². The highest BCUT2D eigenvalue weighted by Crippen LogP contribution is 2.30. The van der Waals surface area contributed by atoms with Crippen molar-refractivity contribution in [1.29, 1.82) is 0 Å². The van der Waals surface area contributed by atoms with E-state index in [0.29, 0.717) is 11.4 Å². The van der Waals surface area contributed by atoms with E-state index < -0.39 is 17.5 Å². The zero-order valence-electron chi connectivity index (χ0n) is 14.0. The number of carbonyl (C=O) groups excluding carboxylic acids is 1. The van der Waals surface area contributed by atoms with Gasteiger partial charge in [-0.25, -0.2) is 13.2 Å². The van der Waals surface area contributed by atoms with E-state index in [2.05, 4.69) is 10.1 Å². The van der Waals surface area contributed by atoms with Crippen LogP contribution in [0.1, 0.15) is 23.7 Å². The number of halogens is 3. The van der Waals surface area contributed by atoms with Crippen LogP contribution < -0.4 is 0 Å². The Hall–Kier alpha value is -3.16. The second-order valence-corrected chi connectivity index (χ2v) is 6.39. The van der Waals surface area contributed by atoms with Crippen molar-refractivity contribution in [2.24, 2.45) is 0 Å². The Morgan fingerprint density at radius 3 is 2.59 bits per heavy atom. The summed E-state index contributed by atoms with van der Waals surface area (Å²) in [5, 5.41) is 3.87. The molecule has 27 heavy (non-hydrogen) atoms. The summed E-state index contributed by atoms with van der Waals surface area (Å²) in [5.41, 5.74) is 0.550. The van der Waals surface area contributed by atoms with E-state index in [1.165, 1.54) is 29.2 Å². The molecule has 2 aromatic carbocycles.